The molecule has 0 saturated carbocycles. The molecule has 5 heteroatoms. The molecule has 0 radical (unpaired) electrons. The van der Waals surface area contributed by atoms with Crippen LogP contribution in [0.1, 0.15) is 69.8 Å². The van der Waals surface area contributed by atoms with Crippen LogP contribution >= 0.6 is 0 Å². The van der Waals surface area contributed by atoms with Crippen LogP contribution < -0.4 is 14.8 Å². The summed E-state index contributed by atoms with van der Waals surface area (Å²) in [6.07, 6.45) is 1.27. The zero-order chi connectivity index (χ0) is 21.9. The Morgan fingerprint density at radius 3 is 2.50 bits per heavy atom. The Balaban J connectivity index is 1.46. The summed E-state index contributed by atoms with van der Waals surface area (Å²) >= 11 is 0. The Kier molecular flexibility index (Phi) is 6.20. The topological polar surface area (TPSA) is 64.6 Å². The van der Waals surface area contributed by atoms with Gasteiger partial charge in [-0.1, -0.05) is 32.9 Å². The number of hydrogen-bond acceptors (Lipinski definition) is 4. The smallest absolute Gasteiger partial charge is 0.224 e. The molecule has 1 aliphatic heterocycles. The van der Waals surface area contributed by atoms with Gasteiger partial charge in [-0.15, -0.1) is 0 Å². The number of rotatable bonds is 6. The van der Waals surface area contributed by atoms with E-state index in [0.29, 0.717) is 42.9 Å². The molecule has 2 aromatic rings. The van der Waals surface area contributed by atoms with E-state index >= 15 is 0 Å². The summed E-state index contributed by atoms with van der Waals surface area (Å²) in [6.45, 7) is 10.8. The van der Waals surface area contributed by atoms with Crippen molar-refractivity contribution in [3.05, 3.63) is 53.6 Å². The molecule has 0 bridgehead atoms. The minimum atomic E-state index is -0.498. The van der Waals surface area contributed by atoms with E-state index in [1.807, 2.05) is 26.0 Å². The molecule has 0 saturated heterocycles. The highest BCUT2D eigenvalue weighted by Gasteiger charge is 2.32. The minimum Gasteiger partial charge on any atom is -0.494 e. The van der Waals surface area contributed by atoms with E-state index < -0.39 is 5.60 Å². The second-order valence-corrected chi connectivity index (χ2v) is 9.45. The lowest BCUT2D eigenvalue weighted by Crippen LogP contribution is -2.35. The lowest BCUT2D eigenvalue weighted by atomic mass is 9.87. The number of carbonyl (C=O) groups is 2. The number of amides is 1. The number of carbonyl (C=O) groups excluding carboxylic acids is 2. The summed E-state index contributed by atoms with van der Waals surface area (Å²) in [5.41, 5.74) is 2.00. The Morgan fingerprint density at radius 1 is 1.13 bits per heavy atom. The van der Waals surface area contributed by atoms with E-state index in [1.54, 1.807) is 18.2 Å². The van der Waals surface area contributed by atoms with Gasteiger partial charge >= 0.3 is 0 Å². The van der Waals surface area contributed by atoms with E-state index in [1.165, 1.54) is 5.56 Å². The Labute approximate surface area is 178 Å². The van der Waals surface area contributed by atoms with Crippen LogP contribution in [-0.2, 0) is 10.2 Å². The Morgan fingerprint density at radius 2 is 1.83 bits per heavy atom. The van der Waals surface area contributed by atoms with E-state index in [0.717, 1.165) is 5.75 Å². The number of hydrogen-bond donors (Lipinski definition) is 1. The van der Waals surface area contributed by atoms with Gasteiger partial charge in [-0.05, 0) is 61.6 Å². The number of fused-ring (bicyclic) bond motifs is 1. The SMILES string of the molecule is CC1(C)CC(=O)c2cc(NC(=O)CCCOc3ccc(C(C)(C)C)cc3)ccc2O1. The molecular formula is C25H31NO4. The van der Waals surface area contributed by atoms with E-state index in [4.69, 9.17) is 9.47 Å². The highest BCUT2D eigenvalue weighted by Crippen LogP contribution is 2.34. The van der Waals surface area contributed by atoms with Crippen LogP contribution in [0.4, 0.5) is 5.69 Å². The maximum absolute atomic E-state index is 12.4. The number of benzene rings is 2. The number of anilines is 1. The van der Waals surface area contributed by atoms with Crippen molar-refractivity contribution in [2.24, 2.45) is 0 Å². The largest absolute Gasteiger partial charge is 0.494 e. The molecule has 160 valence electrons. The first-order chi connectivity index (χ1) is 14.0. The lowest BCUT2D eigenvalue weighted by molar-refractivity contribution is -0.116. The third-order valence-electron chi connectivity index (χ3n) is 5.07. The van der Waals surface area contributed by atoms with Crippen LogP contribution in [0.25, 0.3) is 0 Å². The van der Waals surface area contributed by atoms with Gasteiger partial charge in [0.1, 0.15) is 17.1 Å². The second kappa shape index (κ2) is 8.50. The van der Waals surface area contributed by atoms with Crippen molar-refractivity contribution in [1.29, 1.82) is 0 Å². The van der Waals surface area contributed by atoms with Crippen molar-refractivity contribution >= 4 is 17.4 Å². The van der Waals surface area contributed by atoms with Crippen molar-refractivity contribution in [3.8, 4) is 11.5 Å². The second-order valence-electron chi connectivity index (χ2n) is 9.45. The zero-order valence-corrected chi connectivity index (χ0v) is 18.5. The quantitative estimate of drug-likeness (QED) is 0.638. The van der Waals surface area contributed by atoms with Crippen LogP contribution in [-0.4, -0.2) is 23.9 Å². The van der Waals surface area contributed by atoms with E-state index in [2.05, 4.69) is 38.2 Å². The molecule has 0 unspecified atom stereocenters. The van der Waals surface area contributed by atoms with E-state index in [9.17, 15) is 9.59 Å². The fourth-order valence-corrected chi connectivity index (χ4v) is 3.43. The van der Waals surface area contributed by atoms with Gasteiger partial charge in [0.2, 0.25) is 5.91 Å². The number of ether oxygens (including phenoxy) is 2. The maximum atomic E-state index is 12.4. The van der Waals surface area contributed by atoms with Gasteiger partial charge in [-0.25, -0.2) is 0 Å². The molecule has 0 atom stereocenters. The van der Waals surface area contributed by atoms with Crippen molar-refractivity contribution in [3.63, 3.8) is 0 Å². The van der Waals surface area contributed by atoms with Crippen LogP contribution in [0.5, 0.6) is 11.5 Å². The molecule has 0 aromatic heterocycles. The highest BCUT2D eigenvalue weighted by molar-refractivity contribution is 6.02. The standard InChI is InChI=1S/C25H31NO4/c1-24(2,3)17-8-11-19(12-9-17)29-14-6-7-23(28)26-18-10-13-22-20(15-18)21(27)16-25(4,5)30-22/h8-13,15H,6-7,14,16H2,1-5H3,(H,26,28). The van der Waals surface area contributed by atoms with Crippen LogP contribution in [0.2, 0.25) is 0 Å². The van der Waals surface area contributed by atoms with Gasteiger partial charge in [0, 0.05) is 12.1 Å². The van der Waals surface area contributed by atoms with Gasteiger partial charge in [0.25, 0.3) is 0 Å². The normalized spacial score (nSPS) is 15.2. The number of Topliss-reactive ketones (excluding diaryl/α,β-unsaturated/α-hetero) is 1. The molecular weight excluding hydrogens is 378 g/mol. The van der Waals surface area contributed by atoms with Crippen LogP contribution in [0, 0.1) is 0 Å². The molecule has 0 fully saturated rings. The first-order valence-corrected chi connectivity index (χ1v) is 10.4. The first-order valence-electron chi connectivity index (χ1n) is 10.4. The molecule has 0 aliphatic carbocycles. The fourth-order valence-electron chi connectivity index (χ4n) is 3.43. The lowest BCUT2D eigenvalue weighted by Gasteiger charge is -2.31. The van der Waals surface area contributed by atoms with Gasteiger partial charge in [0.15, 0.2) is 5.78 Å². The summed E-state index contributed by atoms with van der Waals surface area (Å²) in [5, 5.41) is 2.85. The molecule has 0 spiro atoms. The number of nitrogens with one attached hydrogen (secondary N) is 1. The Hall–Kier alpha value is -2.82. The summed E-state index contributed by atoms with van der Waals surface area (Å²) < 4.78 is 11.6. The van der Waals surface area contributed by atoms with Crippen LogP contribution in [0.3, 0.4) is 0 Å². The van der Waals surface area contributed by atoms with Gasteiger partial charge in [-0.2, -0.15) is 0 Å². The zero-order valence-electron chi connectivity index (χ0n) is 18.5. The number of ketones is 1. The molecule has 1 amide bonds. The molecule has 3 rings (SSSR count). The fraction of sp³-hybridized carbons (Fsp3) is 0.440. The van der Waals surface area contributed by atoms with Gasteiger partial charge in [-0.3, -0.25) is 9.59 Å². The predicted molar refractivity (Wildman–Crippen MR) is 119 cm³/mol. The summed E-state index contributed by atoms with van der Waals surface area (Å²) in [6, 6.07) is 13.3. The Bertz CT molecular complexity index is 923. The summed E-state index contributed by atoms with van der Waals surface area (Å²) in [5.74, 6) is 1.30. The molecule has 2 aromatic carbocycles. The van der Waals surface area contributed by atoms with Crippen molar-refractivity contribution in [2.45, 2.75) is 64.9 Å². The minimum absolute atomic E-state index is 0.0308. The highest BCUT2D eigenvalue weighted by atomic mass is 16.5. The summed E-state index contributed by atoms with van der Waals surface area (Å²) in [4.78, 5) is 24.6. The molecule has 1 N–H and O–H groups in total. The van der Waals surface area contributed by atoms with E-state index in [-0.39, 0.29) is 17.1 Å². The first kappa shape index (κ1) is 21.9. The molecule has 5 nitrogen and oxygen atoms in total. The van der Waals surface area contributed by atoms with Gasteiger partial charge < -0.3 is 14.8 Å². The molecule has 1 heterocycles. The van der Waals surface area contributed by atoms with Crippen molar-refractivity contribution in [2.75, 3.05) is 11.9 Å². The third kappa shape index (κ3) is 5.62. The maximum Gasteiger partial charge on any atom is 0.224 e. The average molecular weight is 410 g/mol. The summed E-state index contributed by atoms with van der Waals surface area (Å²) in [7, 11) is 0. The predicted octanol–water partition coefficient (Wildman–Crippen LogP) is 5.53. The van der Waals surface area contributed by atoms with Gasteiger partial charge in [0.05, 0.1) is 18.6 Å². The third-order valence-corrected chi connectivity index (χ3v) is 5.07. The monoisotopic (exact) mass is 409 g/mol. The van der Waals surface area contributed by atoms with Crippen LogP contribution in [0.15, 0.2) is 42.5 Å². The molecule has 1 aliphatic rings. The van der Waals surface area contributed by atoms with Crippen molar-refractivity contribution in [1.82, 2.24) is 0 Å². The van der Waals surface area contributed by atoms with Crippen molar-refractivity contribution < 1.29 is 19.1 Å². The molecule has 30 heavy (non-hydrogen) atoms. The average Bonchev–Trinajstić information content (AvgIpc) is 2.65.